The van der Waals surface area contributed by atoms with Crippen molar-refractivity contribution in [2.45, 2.75) is 0 Å². The number of hydrogen-bond acceptors (Lipinski definition) is 5. The van der Waals surface area contributed by atoms with Gasteiger partial charge in [-0.05, 0) is 46.2 Å². The zero-order valence-corrected chi connectivity index (χ0v) is 25.6. The van der Waals surface area contributed by atoms with Gasteiger partial charge >= 0.3 is 0 Å². The van der Waals surface area contributed by atoms with Crippen LogP contribution in [-0.2, 0) is 0 Å². The standard InChI is InChI=1S/C43H25N3O2/c1-2-11-28(12-3-1)41-44-42(46-43(45-41)33-16-9-18-35-38(33)32-14-6-7-17-34(32)47-35)29-22-20-27(21-23-29)31-15-8-19-36-39(31)40-30-13-5-4-10-26(30)24-25-37(40)48-36/h1-25H. The smallest absolute Gasteiger partial charge is 0.164 e. The molecule has 5 heteroatoms. The van der Waals surface area contributed by atoms with E-state index < -0.39 is 0 Å². The number of benzene rings is 7. The summed E-state index contributed by atoms with van der Waals surface area (Å²) < 4.78 is 12.5. The summed E-state index contributed by atoms with van der Waals surface area (Å²) in [6, 6.07) is 51.6. The van der Waals surface area contributed by atoms with Crippen molar-refractivity contribution in [2.75, 3.05) is 0 Å². The largest absolute Gasteiger partial charge is 0.456 e. The van der Waals surface area contributed by atoms with Crippen LogP contribution in [0.3, 0.4) is 0 Å². The average Bonchev–Trinajstić information content (AvgIpc) is 3.74. The SMILES string of the molecule is c1ccc(-c2nc(-c3ccc(-c4cccc5oc6ccc7ccccc7c6c45)cc3)nc(-c3cccc4oc5ccccc5c34)n2)cc1. The molecule has 0 atom stereocenters. The molecule has 3 heterocycles. The van der Waals surface area contributed by atoms with Crippen LogP contribution in [0.15, 0.2) is 160 Å². The molecule has 0 bridgehead atoms. The van der Waals surface area contributed by atoms with Gasteiger partial charge in [0.15, 0.2) is 17.5 Å². The van der Waals surface area contributed by atoms with Gasteiger partial charge in [-0.3, -0.25) is 0 Å². The molecule has 7 aromatic carbocycles. The Morgan fingerprint density at radius 1 is 0.312 bits per heavy atom. The molecule has 0 radical (unpaired) electrons. The molecule has 224 valence electrons. The van der Waals surface area contributed by atoms with Gasteiger partial charge in [0, 0.05) is 38.2 Å². The lowest BCUT2D eigenvalue weighted by Gasteiger charge is -2.10. The molecular formula is C43H25N3O2. The topological polar surface area (TPSA) is 65.0 Å². The van der Waals surface area contributed by atoms with Crippen molar-refractivity contribution < 1.29 is 8.83 Å². The number of hydrogen-bond donors (Lipinski definition) is 0. The summed E-state index contributed by atoms with van der Waals surface area (Å²) in [7, 11) is 0. The second-order valence-electron chi connectivity index (χ2n) is 12.0. The van der Waals surface area contributed by atoms with E-state index in [4.69, 9.17) is 23.8 Å². The van der Waals surface area contributed by atoms with E-state index in [2.05, 4.69) is 84.9 Å². The van der Waals surface area contributed by atoms with E-state index in [0.29, 0.717) is 17.5 Å². The second-order valence-corrected chi connectivity index (χ2v) is 12.0. The van der Waals surface area contributed by atoms with Crippen molar-refractivity contribution >= 4 is 54.6 Å². The molecule has 0 amide bonds. The lowest BCUT2D eigenvalue weighted by atomic mass is 9.96. The van der Waals surface area contributed by atoms with Crippen LogP contribution in [0.5, 0.6) is 0 Å². The van der Waals surface area contributed by atoms with Crippen molar-refractivity contribution in [2.24, 2.45) is 0 Å². The molecule has 0 saturated carbocycles. The summed E-state index contributed by atoms with van der Waals surface area (Å²) >= 11 is 0. The number of aromatic nitrogens is 3. The Balaban J connectivity index is 1.14. The second kappa shape index (κ2) is 10.5. The van der Waals surface area contributed by atoms with Gasteiger partial charge in [0.25, 0.3) is 0 Å². The first-order valence-electron chi connectivity index (χ1n) is 15.9. The maximum Gasteiger partial charge on any atom is 0.164 e. The summed E-state index contributed by atoms with van der Waals surface area (Å²) in [5.74, 6) is 1.82. The summed E-state index contributed by atoms with van der Waals surface area (Å²) in [5, 5.41) is 6.66. The fourth-order valence-electron chi connectivity index (χ4n) is 6.93. The monoisotopic (exact) mass is 615 g/mol. The number of rotatable bonds is 4. The normalized spacial score (nSPS) is 11.8. The zero-order valence-electron chi connectivity index (χ0n) is 25.6. The van der Waals surface area contributed by atoms with E-state index >= 15 is 0 Å². The first-order valence-corrected chi connectivity index (χ1v) is 15.9. The minimum Gasteiger partial charge on any atom is -0.456 e. The van der Waals surface area contributed by atoms with E-state index in [-0.39, 0.29) is 0 Å². The van der Waals surface area contributed by atoms with Crippen molar-refractivity contribution in [3.8, 4) is 45.3 Å². The molecule has 48 heavy (non-hydrogen) atoms. The summed E-state index contributed by atoms with van der Waals surface area (Å²) in [6.07, 6.45) is 0. The maximum atomic E-state index is 6.34. The highest BCUT2D eigenvalue weighted by molar-refractivity contribution is 6.22. The third-order valence-corrected chi connectivity index (χ3v) is 9.15. The first kappa shape index (κ1) is 26.6. The van der Waals surface area contributed by atoms with Crippen LogP contribution in [0.1, 0.15) is 0 Å². The van der Waals surface area contributed by atoms with E-state index in [0.717, 1.165) is 71.7 Å². The third kappa shape index (κ3) is 4.15. The molecule has 10 aromatic rings. The molecule has 0 aliphatic heterocycles. The Bertz CT molecular complexity index is 2830. The van der Waals surface area contributed by atoms with Gasteiger partial charge < -0.3 is 8.83 Å². The van der Waals surface area contributed by atoms with E-state index in [1.54, 1.807) is 0 Å². The van der Waals surface area contributed by atoms with Crippen molar-refractivity contribution in [3.05, 3.63) is 152 Å². The van der Waals surface area contributed by atoms with Crippen molar-refractivity contribution in [1.82, 2.24) is 15.0 Å². The Kier molecular flexibility index (Phi) is 5.81. The summed E-state index contributed by atoms with van der Waals surface area (Å²) in [5.41, 5.74) is 8.34. The predicted octanol–water partition coefficient (Wildman–Crippen LogP) is 11.5. The molecular weight excluding hydrogens is 590 g/mol. The van der Waals surface area contributed by atoms with Gasteiger partial charge in [-0.2, -0.15) is 0 Å². The van der Waals surface area contributed by atoms with Gasteiger partial charge in [-0.1, -0.05) is 127 Å². The summed E-state index contributed by atoms with van der Waals surface area (Å²) in [4.78, 5) is 15.1. The Labute approximate surface area is 274 Å². The third-order valence-electron chi connectivity index (χ3n) is 9.15. The van der Waals surface area contributed by atoms with Crippen LogP contribution >= 0.6 is 0 Å². The van der Waals surface area contributed by atoms with Gasteiger partial charge in [0.1, 0.15) is 22.3 Å². The van der Waals surface area contributed by atoms with Crippen LogP contribution in [0.25, 0.3) is 99.9 Å². The lowest BCUT2D eigenvalue weighted by Crippen LogP contribution is -2.00. The number of nitrogens with zero attached hydrogens (tertiary/aromatic N) is 3. The van der Waals surface area contributed by atoms with Gasteiger partial charge in [0.05, 0.1) is 0 Å². The highest BCUT2D eigenvalue weighted by atomic mass is 16.3. The molecule has 10 rings (SSSR count). The number of fused-ring (bicyclic) bond motifs is 8. The highest BCUT2D eigenvalue weighted by Crippen LogP contribution is 2.41. The van der Waals surface area contributed by atoms with Gasteiger partial charge in [0.2, 0.25) is 0 Å². The minimum atomic E-state index is 0.599. The van der Waals surface area contributed by atoms with Crippen LogP contribution in [0.4, 0.5) is 0 Å². The predicted molar refractivity (Wildman–Crippen MR) is 194 cm³/mol. The molecule has 0 aliphatic carbocycles. The van der Waals surface area contributed by atoms with Crippen LogP contribution in [0.2, 0.25) is 0 Å². The van der Waals surface area contributed by atoms with Crippen LogP contribution < -0.4 is 0 Å². The maximum absolute atomic E-state index is 6.34. The van der Waals surface area contributed by atoms with E-state index in [1.807, 2.05) is 66.7 Å². The zero-order chi connectivity index (χ0) is 31.6. The van der Waals surface area contributed by atoms with Crippen molar-refractivity contribution in [3.63, 3.8) is 0 Å². The fraction of sp³-hybridized carbons (Fsp3) is 0. The average molecular weight is 616 g/mol. The first-order chi connectivity index (χ1) is 23.8. The quantitative estimate of drug-likeness (QED) is 0.197. The van der Waals surface area contributed by atoms with Gasteiger partial charge in [-0.25, -0.2) is 15.0 Å². The number of furan rings is 2. The minimum absolute atomic E-state index is 0.599. The molecule has 0 N–H and O–H groups in total. The molecule has 0 spiro atoms. The van der Waals surface area contributed by atoms with Gasteiger partial charge in [-0.15, -0.1) is 0 Å². The Hall–Kier alpha value is -6.59. The molecule has 0 saturated heterocycles. The van der Waals surface area contributed by atoms with Crippen LogP contribution in [-0.4, -0.2) is 15.0 Å². The molecule has 3 aromatic heterocycles. The van der Waals surface area contributed by atoms with E-state index in [1.165, 1.54) is 10.8 Å². The molecule has 5 nitrogen and oxygen atoms in total. The fourth-order valence-corrected chi connectivity index (χ4v) is 6.93. The molecule has 0 aliphatic rings. The Morgan fingerprint density at radius 2 is 0.875 bits per heavy atom. The molecule has 0 fully saturated rings. The number of para-hydroxylation sites is 1. The van der Waals surface area contributed by atoms with Crippen molar-refractivity contribution in [1.29, 1.82) is 0 Å². The lowest BCUT2D eigenvalue weighted by molar-refractivity contribution is 0.668. The van der Waals surface area contributed by atoms with E-state index in [9.17, 15) is 0 Å². The van der Waals surface area contributed by atoms with Crippen LogP contribution in [0, 0.1) is 0 Å². The highest BCUT2D eigenvalue weighted by Gasteiger charge is 2.19. The molecule has 0 unspecified atom stereocenters. The summed E-state index contributed by atoms with van der Waals surface area (Å²) in [6.45, 7) is 0. The Morgan fingerprint density at radius 3 is 1.69 bits per heavy atom.